The van der Waals surface area contributed by atoms with E-state index in [4.69, 9.17) is 21.7 Å². The number of nitrogens with zero attached hydrogens (tertiary/aromatic N) is 2. The predicted molar refractivity (Wildman–Crippen MR) is 124 cm³/mol. The Morgan fingerprint density at radius 1 is 1.30 bits per heavy atom. The molecule has 0 unspecified atom stereocenters. The lowest BCUT2D eigenvalue weighted by Gasteiger charge is -2.56. The topological polar surface area (TPSA) is 54.0 Å². The second-order valence-electron chi connectivity index (χ2n) is 7.71. The number of fused-ring (bicyclic) bond motifs is 4. The van der Waals surface area contributed by atoms with E-state index in [0.29, 0.717) is 23.2 Å². The fourth-order valence-electron chi connectivity index (χ4n) is 4.27. The number of ether oxygens (including phenoxy) is 2. The molecule has 1 fully saturated rings. The van der Waals surface area contributed by atoms with Crippen molar-refractivity contribution >= 4 is 44.9 Å². The summed E-state index contributed by atoms with van der Waals surface area (Å²) in [6.45, 7) is 4.38. The summed E-state index contributed by atoms with van der Waals surface area (Å²) in [6.07, 6.45) is 0. The SMILES string of the molecule is CCOc1cccc2c1O[C@@]1(C)[C@H](C(=O)N(C)C)[C@H]2NC(=S)N1c1ccc(Br)cc1. The van der Waals surface area contributed by atoms with Crippen LogP contribution >= 0.6 is 28.1 Å². The molecule has 2 aromatic carbocycles. The molecule has 6 nitrogen and oxygen atoms in total. The Bertz CT molecular complexity index is 998. The van der Waals surface area contributed by atoms with Gasteiger partial charge in [-0.05, 0) is 56.4 Å². The van der Waals surface area contributed by atoms with E-state index in [1.54, 1.807) is 19.0 Å². The van der Waals surface area contributed by atoms with Gasteiger partial charge in [0, 0.05) is 29.8 Å². The average Bonchev–Trinajstić information content (AvgIpc) is 2.69. The van der Waals surface area contributed by atoms with E-state index in [2.05, 4.69) is 21.2 Å². The molecule has 8 heteroatoms. The van der Waals surface area contributed by atoms with Gasteiger partial charge >= 0.3 is 0 Å². The van der Waals surface area contributed by atoms with Crippen molar-refractivity contribution in [1.82, 2.24) is 10.2 Å². The number of hydrogen-bond donors (Lipinski definition) is 1. The third-order valence-corrected chi connectivity index (χ3v) is 6.41. The standard InChI is InChI=1S/C22H24BrN3O3S/c1-5-28-16-8-6-7-15-18-17(20(27)25(3)4)22(2,29-19(15)16)26(21(30)24-18)14-11-9-13(23)10-12-14/h6-12,17-18H,5H2,1-4H3,(H,24,30)/t17-,18-,22-/m0/s1. The van der Waals surface area contributed by atoms with Crippen molar-refractivity contribution in [3.63, 3.8) is 0 Å². The molecule has 30 heavy (non-hydrogen) atoms. The van der Waals surface area contributed by atoms with Gasteiger partial charge in [0.1, 0.15) is 5.92 Å². The maximum absolute atomic E-state index is 13.4. The molecule has 0 spiro atoms. The van der Waals surface area contributed by atoms with Gasteiger partial charge in [-0.2, -0.15) is 0 Å². The second-order valence-corrected chi connectivity index (χ2v) is 9.02. The number of thiocarbonyl (C=S) groups is 1. The Morgan fingerprint density at radius 3 is 2.63 bits per heavy atom. The number of benzene rings is 2. The first-order valence-electron chi connectivity index (χ1n) is 9.80. The molecule has 0 aliphatic carbocycles. The fourth-order valence-corrected chi connectivity index (χ4v) is 4.95. The van der Waals surface area contributed by atoms with Crippen LogP contribution in [0.25, 0.3) is 0 Å². The van der Waals surface area contributed by atoms with Crippen LogP contribution in [0.4, 0.5) is 5.69 Å². The van der Waals surface area contributed by atoms with Crippen molar-refractivity contribution in [3.05, 3.63) is 52.5 Å². The molecule has 1 N–H and O–H groups in total. The van der Waals surface area contributed by atoms with Gasteiger partial charge in [0.05, 0.1) is 12.6 Å². The van der Waals surface area contributed by atoms with Crippen molar-refractivity contribution in [2.75, 3.05) is 25.6 Å². The van der Waals surface area contributed by atoms with Gasteiger partial charge in [0.25, 0.3) is 0 Å². The third-order valence-electron chi connectivity index (χ3n) is 5.58. The highest BCUT2D eigenvalue weighted by atomic mass is 79.9. The number of amides is 1. The van der Waals surface area contributed by atoms with Crippen LogP contribution in [0.15, 0.2) is 46.9 Å². The van der Waals surface area contributed by atoms with Crippen molar-refractivity contribution in [2.45, 2.75) is 25.6 Å². The average molecular weight is 490 g/mol. The molecule has 1 saturated heterocycles. The summed E-state index contributed by atoms with van der Waals surface area (Å²) in [5.74, 6) is 0.749. The molecule has 2 heterocycles. The van der Waals surface area contributed by atoms with Crippen molar-refractivity contribution in [1.29, 1.82) is 0 Å². The highest BCUT2D eigenvalue weighted by Crippen LogP contribution is 2.52. The minimum Gasteiger partial charge on any atom is -0.490 e. The lowest BCUT2D eigenvalue weighted by molar-refractivity contribution is -0.144. The summed E-state index contributed by atoms with van der Waals surface area (Å²) in [4.78, 5) is 16.9. The summed E-state index contributed by atoms with van der Waals surface area (Å²) in [6, 6.07) is 13.2. The molecule has 4 rings (SSSR count). The van der Waals surface area contributed by atoms with Crippen LogP contribution < -0.4 is 19.7 Å². The Balaban J connectivity index is 1.92. The first-order valence-corrected chi connectivity index (χ1v) is 11.0. The Hall–Kier alpha value is -2.32. The number of carbonyl (C=O) groups excluding carboxylic acids is 1. The largest absolute Gasteiger partial charge is 0.490 e. The molecule has 158 valence electrons. The van der Waals surface area contributed by atoms with Crippen LogP contribution in [0, 0.1) is 5.92 Å². The Kier molecular flexibility index (Phi) is 5.40. The van der Waals surface area contributed by atoms with E-state index in [1.807, 2.05) is 61.2 Å². The quantitative estimate of drug-likeness (QED) is 0.652. The summed E-state index contributed by atoms with van der Waals surface area (Å²) in [5, 5.41) is 3.92. The molecule has 3 atom stereocenters. The lowest BCUT2D eigenvalue weighted by atomic mass is 9.78. The maximum Gasteiger partial charge on any atom is 0.233 e. The summed E-state index contributed by atoms with van der Waals surface area (Å²) < 4.78 is 13.4. The van der Waals surface area contributed by atoms with E-state index in [0.717, 1.165) is 15.7 Å². The fraction of sp³-hybridized carbons (Fsp3) is 0.364. The van der Waals surface area contributed by atoms with E-state index in [-0.39, 0.29) is 11.9 Å². The number of anilines is 1. The summed E-state index contributed by atoms with van der Waals surface area (Å²) in [7, 11) is 3.52. The van der Waals surface area contributed by atoms with Gasteiger partial charge in [-0.3, -0.25) is 9.69 Å². The van der Waals surface area contributed by atoms with Crippen LogP contribution in [0.1, 0.15) is 25.5 Å². The highest BCUT2D eigenvalue weighted by Gasteiger charge is 2.59. The van der Waals surface area contributed by atoms with Gasteiger partial charge in [-0.15, -0.1) is 0 Å². The summed E-state index contributed by atoms with van der Waals surface area (Å²) >= 11 is 9.23. The van der Waals surface area contributed by atoms with Crippen LogP contribution in [0.5, 0.6) is 11.5 Å². The number of rotatable bonds is 4. The van der Waals surface area contributed by atoms with Crippen LogP contribution in [-0.4, -0.2) is 42.3 Å². The highest BCUT2D eigenvalue weighted by molar-refractivity contribution is 9.10. The predicted octanol–water partition coefficient (Wildman–Crippen LogP) is 4.10. The van der Waals surface area contributed by atoms with Crippen molar-refractivity contribution < 1.29 is 14.3 Å². The number of carbonyl (C=O) groups is 1. The molecular formula is C22H24BrN3O3S. The van der Waals surface area contributed by atoms with Gasteiger partial charge in [-0.1, -0.05) is 28.1 Å². The zero-order valence-electron chi connectivity index (χ0n) is 17.3. The van der Waals surface area contributed by atoms with Crippen LogP contribution in [-0.2, 0) is 4.79 Å². The van der Waals surface area contributed by atoms with E-state index in [1.165, 1.54) is 0 Å². The maximum atomic E-state index is 13.4. The Morgan fingerprint density at radius 2 is 2.00 bits per heavy atom. The number of halogens is 1. The van der Waals surface area contributed by atoms with Crippen LogP contribution in [0.2, 0.25) is 0 Å². The van der Waals surface area contributed by atoms with Gasteiger partial charge in [0.2, 0.25) is 5.91 Å². The third kappa shape index (κ3) is 3.22. The second kappa shape index (κ2) is 7.74. The molecule has 0 aromatic heterocycles. The Labute approximate surface area is 190 Å². The van der Waals surface area contributed by atoms with Crippen LogP contribution in [0.3, 0.4) is 0 Å². The molecule has 2 aromatic rings. The smallest absolute Gasteiger partial charge is 0.233 e. The van der Waals surface area contributed by atoms with Gasteiger partial charge in [-0.25, -0.2) is 0 Å². The number of hydrogen-bond acceptors (Lipinski definition) is 4. The van der Waals surface area contributed by atoms with Gasteiger partial charge in [0.15, 0.2) is 22.3 Å². The molecule has 2 bridgehead atoms. The first kappa shape index (κ1) is 20.9. The lowest BCUT2D eigenvalue weighted by Crippen LogP contribution is -2.72. The van der Waals surface area contributed by atoms with E-state index in [9.17, 15) is 4.79 Å². The number of nitrogens with one attached hydrogen (secondary N) is 1. The first-order chi connectivity index (χ1) is 14.3. The zero-order valence-corrected chi connectivity index (χ0v) is 19.7. The minimum atomic E-state index is -1.04. The normalized spacial score (nSPS) is 24.4. The monoisotopic (exact) mass is 489 g/mol. The van der Waals surface area contributed by atoms with E-state index >= 15 is 0 Å². The molecule has 2 aliphatic rings. The van der Waals surface area contributed by atoms with Crippen molar-refractivity contribution in [3.8, 4) is 11.5 Å². The molecular weight excluding hydrogens is 466 g/mol. The molecule has 0 saturated carbocycles. The van der Waals surface area contributed by atoms with Crippen molar-refractivity contribution in [2.24, 2.45) is 5.92 Å². The molecule has 2 aliphatic heterocycles. The molecule has 0 radical (unpaired) electrons. The van der Waals surface area contributed by atoms with E-state index < -0.39 is 11.6 Å². The minimum absolute atomic E-state index is 0.0351. The number of para-hydroxylation sites is 1. The zero-order chi connectivity index (χ0) is 21.6. The molecule has 1 amide bonds. The summed E-state index contributed by atoms with van der Waals surface area (Å²) in [5.41, 5.74) is 0.671. The van der Waals surface area contributed by atoms with Gasteiger partial charge < -0.3 is 19.7 Å².